The van der Waals surface area contributed by atoms with Crippen LogP contribution in [0.1, 0.15) is 23.1 Å². The molecule has 9 heteroatoms. The van der Waals surface area contributed by atoms with Crippen molar-refractivity contribution in [1.82, 2.24) is 5.32 Å². The lowest BCUT2D eigenvalue weighted by Gasteiger charge is -2.26. The predicted molar refractivity (Wildman–Crippen MR) is 142 cm³/mol. The Balaban J connectivity index is 1.62. The minimum Gasteiger partial charge on any atom is -0.354 e. The third-order valence-corrected chi connectivity index (χ3v) is 8.42. The highest BCUT2D eigenvalue weighted by Crippen LogP contribution is 2.29. The van der Waals surface area contributed by atoms with Gasteiger partial charge in [0.25, 0.3) is 10.0 Å². The van der Waals surface area contributed by atoms with Crippen LogP contribution in [0.5, 0.6) is 0 Å². The molecule has 0 aromatic heterocycles. The van der Waals surface area contributed by atoms with Crippen LogP contribution in [0.15, 0.2) is 71.6 Å². The van der Waals surface area contributed by atoms with E-state index < -0.39 is 15.9 Å². The second-order valence-corrected chi connectivity index (χ2v) is 11.5. The first-order chi connectivity index (χ1) is 16.7. The van der Waals surface area contributed by atoms with E-state index >= 15 is 0 Å². The summed E-state index contributed by atoms with van der Waals surface area (Å²) < 4.78 is 41.1. The SMILES string of the molecule is Cc1ccc(S(=O)(=O)N(CC(=O)NCCCSCc2ccc(F)cc2)c2ccc(Cl)cc2C)cc1. The number of hydrogen-bond donors (Lipinski definition) is 1. The normalized spacial score (nSPS) is 11.3. The van der Waals surface area contributed by atoms with Gasteiger partial charge in [0.2, 0.25) is 5.91 Å². The number of carbonyl (C=O) groups is 1. The van der Waals surface area contributed by atoms with Gasteiger partial charge >= 0.3 is 0 Å². The molecule has 186 valence electrons. The van der Waals surface area contributed by atoms with Gasteiger partial charge in [0.15, 0.2) is 0 Å². The van der Waals surface area contributed by atoms with Gasteiger partial charge in [-0.05, 0) is 79.6 Å². The molecule has 1 N–H and O–H groups in total. The Hall–Kier alpha value is -2.55. The third kappa shape index (κ3) is 7.72. The number of aryl methyl sites for hydroxylation is 2. The Kier molecular flexibility index (Phi) is 9.60. The number of anilines is 1. The van der Waals surface area contributed by atoms with E-state index in [1.807, 2.05) is 6.92 Å². The van der Waals surface area contributed by atoms with Crippen LogP contribution in [0.3, 0.4) is 0 Å². The van der Waals surface area contributed by atoms with Crippen LogP contribution in [-0.4, -0.2) is 33.2 Å². The number of halogens is 2. The summed E-state index contributed by atoms with van der Waals surface area (Å²) in [4.78, 5) is 12.9. The van der Waals surface area contributed by atoms with Crippen LogP contribution in [0.2, 0.25) is 5.02 Å². The molecular formula is C26H28ClFN2O3S2. The number of rotatable bonds is 11. The van der Waals surface area contributed by atoms with Gasteiger partial charge in [-0.3, -0.25) is 9.10 Å². The van der Waals surface area contributed by atoms with Gasteiger partial charge in [-0.2, -0.15) is 11.8 Å². The average molecular weight is 535 g/mol. The van der Waals surface area contributed by atoms with Crippen LogP contribution in [0.4, 0.5) is 10.1 Å². The number of benzene rings is 3. The van der Waals surface area contributed by atoms with Crippen molar-refractivity contribution in [3.63, 3.8) is 0 Å². The molecule has 0 radical (unpaired) electrons. The smallest absolute Gasteiger partial charge is 0.264 e. The van der Waals surface area contributed by atoms with Crippen molar-refractivity contribution < 1.29 is 17.6 Å². The Morgan fingerprint density at radius 2 is 1.71 bits per heavy atom. The summed E-state index contributed by atoms with van der Waals surface area (Å²) in [6.45, 7) is 3.71. The van der Waals surface area contributed by atoms with Gasteiger partial charge in [-0.1, -0.05) is 41.4 Å². The van der Waals surface area contributed by atoms with Gasteiger partial charge in [0, 0.05) is 17.3 Å². The van der Waals surface area contributed by atoms with Crippen LogP contribution in [-0.2, 0) is 20.6 Å². The second-order valence-electron chi connectivity index (χ2n) is 8.14. The molecule has 0 aliphatic heterocycles. The van der Waals surface area contributed by atoms with E-state index in [1.165, 1.54) is 12.1 Å². The maximum Gasteiger partial charge on any atom is 0.264 e. The number of nitrogens with zero attached hydrogens (tertiary/aromatic N) is 1. The molecular weight excluding hydrogens is 507 g/mol. The zero-order valence-electron chi connectivity index (χ0n) is 19.6. The molecule has 3 aromatic rings. The zero-order chi connectivity index (χ0) is 25.4. The Morgan fingerprint density at radius 1 is 1.03 bits per heavy atom. The van der Waals surface area contributed by atoms with E-state index in [9.17, 15) is 17.6 Å². The molecule has 0 spiro atoms. The lowest BCUT2D eigenvalue weighted by molar-refractivity contribution is -0.119. The summed E-state index contributed by atoms with van der Waals surface area (Å²) in [7, 11) is -3.98. The monoisotopic (exact) mass is 534 g/mol. The average Bonchev–Trinajstić information content (AvgIpc) is 2.81. The fraction of sp³-hybridized carbons (Fsp3) is 0.269. The summed E-state index contributed by atoms with van der Waals surface area (Å²) in [5.74, 6) is 0.915. The van der Waals surface area contributed by atoms with E-state index in [0.717, 1.165) is 33.4 Å². The van der Waals surface area contributed by atoms with Crippen LogP contribution in [0, 0.1) is 19.7 Å². The van der Waals surface area contributed by atoms with Gasteiger partial charge in [0.1, 0.15) is 12.4 Å². The number of sulfonamides is 1. The van der Waals surface area contributed by atoms with Crippen molar-refractivity contribution in [2.45, 2.75) is 30.9 Å². The van der Waals surface area contributed by atoms with E-state index in [-0.39, 0.29) is 17.3 Å². The van der Waals surface area contributed by atoms with Gasteiger partial charge in [-0.15, -0.1) is 0 Å². The minimum absolute atomic E-state index is 0.113. The Morgan fingerprint density at radius 3 is 2.37 bits per heavy atom. The molecule has 0 atom stereocenters. The molecule has 0 fully saturated rings. The molecule has 5 nitrogen and oxygen atoms in total. The molecule has 0 bridgehead atoms. The van der Waals surface area contributed by atoms with Crippen molar-refractivity contribution in [2.75, 3.05) is 23.1 Å². The molecule has 0 unspecified atom stereocenters. The predicted octanol–water partition coefficient (Wildman–Crippen LogP) is 5.73. The Bertz CT molecular complexity index is 1250. The summed E-state index contributed by atoms with van der Waals surface area (Å²) in [5, 5.41) is 3.31. The van der Waals surface area contributed by atoms with E-state index in [4.69, 9.17) is 11.6 Å². The quantitative estimate of drug-likeness (QED) is 0.319. The molecule has 0 heterocycles. The van der Waals surface area contributed by atoms with E-state index in [0.29, 0.717) is 22.8 Å². The van der Waals surface area contributed by atoms with Gasteiger partial charge < -0.3 is 5.32 Å². The molecule has 0 aliphatic carbocycles. The fourth-order valence-electron chi connectivity index (χ4n) is 3.39. The maximum atomic E-state index is 13.5. The van der Waals surface area contributed by atoms with Crippen molar-refractivity contribution in [3.05, 3.63) is 94.3 Å². The van der Waals surface area contributed by atoms with Crippen molar-refractivity contribution in [1.29, 1.82) is 0 Å². The summed E-state index contributed by atoms with van der Waals surface area (Å²) in [6, 6.07) is 17.8. The van der Waals surface area contributed by atoms with Crippen LogP contribution < -0.4 is 9.62 Å². The van der Waals surface area contributed by atoms with Crippen molar-refractivity contribution >= 4 is 45.0 Å². The van der Waals surface area contributed by atoms with E-state index in [1.54, 1.807) is 73.3 Å². The number of hydrogen-bond acceptors (Lipinski definition) is 4. The highest BCUT2D eigenvalue weighted by atomic mass is 35.5. The van der Waals surface area contributed by atoms with Crippen molar-refractivity contribution in [2.24, 2.45) is 0 Å². The van der Waals surface area contributed by atoms with E-state index in [2.05, 4.69) is 5.32 Å². The molecule has 35 heavy (non-hydrogen) atoms. The van der Waals surface area contributed by atoms with Crippen LogP contribution in [0.25, 0.3) is 0 Å². The topological polar surface area (TPSA) is 66.5 Å². The minimum atomic E-state index is -3.98. The molecule has 0 saturated heterocycles. The second kappa shape index (κ2) is 12.4. The molecule has 3 rings (SSSR count). The van der Waals surface area contributed by atoms with Crippen molar-refractivity contribution in [3.8, 4) is 0 Å². The molecule has 0 saturated carbocycles. The molecule has 1 amide bonds. The van der Waals surface area contributed by atoms with Gasteiger partial charge in [0.05, 0.1) is 10.6 Å². The number of thioether (sulfide) groups is 1. The summed E-state index contributed by atoms with van der Waals surface area (Å²) in [5.41, 5.74) is 3.03. The third-order valence-electron chi connectivity index (χ3n) is 5.29. The lowest BCUT2D eigenvalue weighted by atomic mass is 10.2. The Labute approximate surface area is 215 Å². The highest BCUT2D eigenvalue weighted by molar-refractivity contribution is 7.98. The number of nitrogens with one attached hydrogen (secondary N) is 1. The first kappa shape index (κ1) is 27.0. The summed E-state index contributed by atoms with van der Waals surface area (Å²) >= 11 is 7.75. The first-order valence-electron chi connectivity index (χ1n) is 11.1. The number of carbonyl (C=O) groups excluding carboxylic acids is 1. The summed E-state index contributed by atoms with van der Waals surface area (Å²) in [6.07, 6.45) is 0.724. The largest absolute Gasteiger partial charge is 0.354 e. The standard InChI is InChI=1S/C26H28ClFN2O3S2/c1-19-4-11-24(12-5-19)35(32,33)30(25-13-8-22(27)16-20(25)2)17-26(31)29-14-3-15-34-18-21-6-9-23(28)10-7-21/h4-13,16H,3,14-15,17-18H2,1-2H3,(H,29,31). The maximum absolute atomic E-state index is 13.5. The number of amides is 1. The first-order valence-corrected chi connectivity index (χ1v) is 14.1. The molecule has 3 aromatic carbocycles. The fourth-order valence-corrected chi connectivity index (χ4v) is 6.03. The lowest BCUT2D eigenvalue weighted by Crippen LogP contribution is -2.41. The zero-order valence-corrected chi connectivity index (χ0v) is 22.0. The van der Waals surface area contributed by atoms with Gasteiger partial charge in [-0.25, -0.2) is 12.8 Å². The van der Waals surface area contributed by atoms with Crippen LogP contribution >= 0.6 is 23.4 Å². The molecule has 0 aliphatic rings. The highest BCUT2D eigenvalue weighted by Gasteiger charge is 2.28.